The Bertz CT molecular complexity index is 355. The zero-order valence-corrected chi connectivity index (χ0v) is 8.32. The Morgan fingerprint density at radius 2 is 2.40 bits per heavy atom. The predicted molar refractivity (Wildman–Crippen MR) is 55.7 cm³/mol. The highest BCUT2D eigenvalue weighted by atomic mass is 16.1. The first kappa shape index (κ1) is 11.1. The van der Waals surface area contributed by atoms with Crippen LogP contribution in [0, 0.1) is 11.3 Å². The lowest BCUT2D eigenvalue weighted by Crippen LogP contribution is -2.37. The van der Waals surface area contributed by atoms with Gasteiger partial charge in [-0.15, -0.1) is 0 Å². The first-order valence-corrected chi connectivity index (χ1v) is 4.54. The van der Waals surface area contributed by atoms with Crippen molar-refractivity contribution in [3.05, 3.63) is 23.9 Å². The van der Waals surface area contributed by atoms with E-state index in [0.717, 1.165) is 0 Å². The molecule has 0 bridgehead atoms. The standard InChI is InChI=1S/C10H11N4O/c1-2-12-10(7-15)14-9-4-3-8(5-11)6-13-9/h3-4,6,10,12H,2H2,1H3,(H,13,14)/t10-/m0/s1. The van der Waals surface area contributed by atoms with Gasteiger partial charge < -0.3 is 5.32 Å². The van der Waals surface area contributed by atoms with Gasteiger partial charge in [-0.3, -0.25) is 10.1 Å². The maximum atomic E-state index is 10.5. The maximum absolute atomic E-state index is 10.5. The normalized spacial score (nSPS) is 11.5. The number of hydrogen-bond donors (Lipinski definition) is 2. The fraction of sp³-hybridized carbons (Fsp3) is 0.300. The summed E-state index contributed by atoms with van der Waals surface area (Å²) in [5, 5.41) is 14.3. The Kier molecular flexibility index (Phi) is 4.26. The zero-order chi connectivity index (χ0) is 11.1. The van der Waals surface area contributed by atoms with Gasteiger partial charge in [-0.25, -0.2) is 4.98 Å². The van der Waals surface area contributed by atoms with Crippen molar-refractivity contribution < 1.29 is 4.79 Å². The largest absolute Gasteiger partial charge is 0.348 e. The van der Waals surface area contributed by atoms with E-state index in [2.05, 4.69) is 15.6 Å². The molecule has 0 aliphatic rings. The molecule has 0 fully saturated rings. The molecule has 0 saturated heterocycles. The molecule has 5 nitrogen and oxygen atoms in total. The molecular weight excluding hydrogens is 192 g/mol. The van der Waals surface area contributed by atoms with Crippen molar-refractivity contribution in [2.45, 2.75) is 13.1 Å². The quantitative estimate of drug-likeness (QED) is 0.678. The molecule has 2 N–H and O–H groups in total. The van der Waals surface area contributed by atoms with Crippen LogP contribution in [-0.2, 0) is 4.79 Å². The molecule has 1 radical (unpaired) electrons. The second kappa shape index (κ2) is 5.73. The van der Waals surface area contributed by atoms with Crippen molar-refractivity contribution in [1.29, 1.82) is 5.26 Å². The van der Waals surface area contributed by atoms with Gasteiger partial charge in [0, 0.05) is 6.20 Å². The molecule has 1 atom stereocenters. The van der Waals surface area contributed by atoms with Gasteiger partial charge >= 0.3 is 0 Å². The lowest BCUT2D eigenvalue weighted by atomic mass is 10.3. The lowest BCUT2D eigenvalue weighted by Gasteiger charge is -2.12. The Balaban J connectivity index is 2.63. The fourth-order valence-corrected chi connectivity index (χ4v) is 1.02. The summed E-state index contributed by atoms with van der Waals surface area (Å²) in [6.45, 7) is 2.54. The summed E-state index contributed by atoms with van der Waals surface area (Å²) < 4.78 is 0. The van der Waals surface area contributed by atoms with E-state index in [0.29, 0.717) is 17.9 Å². The molecule has 77 valence electrons. The number of anilines is 1. The monoisotopic (exact) mass is 203 g/mol. The Labute approximate surface area is 88.1 Å². The van der Waals surface area contributed by atoms with Gasteiger partial charge in [0.1, 0.15) is 18.1 Å². The molecule has 5 heteroatoms. The molecule has 1 aromatic heterocycles. The van der Waals surface area contributed by atoms with E-state index < -0.39 is 6.17 Å². The summed E-state index contributed by atoms with van der Waals surface area (Å²) >= 11 is 0. The summed E-state index contributed by atoms with van der Waals surface area (Å²) in [5.41, 5.74) is 0.482. The number of nitrogens with zero attached hydrogens (tertiary/aromatic N) is 2. The summed E-state index contributed by atoms with van der Waals surface area (Å²) in [7, 11) is 0. The topological polar surface area (TPSA) is 77.8 Å². The summed E-state index contributed by atoms with van der Waals surface area (Å²) in [6.07, 6.45) is 2.67. The molecule has 0 aromatic carbocycles. The van der Waals surface area contributed by atoms with Gasteiger partial charge in [0.2, 0.25) is 6.29 Å². The van der Waals surface area contributed by atoms with E-state index in [-0.39, 0.29) is 0 Å². The van der Waals surface area contributed by atoms with Crippen molar-refractivity contribution >= 4 is 12.1 Å². The third-order valence-electron chi connectivity index (χ3n) is 1.71. The molecule has 0 unspecified atom stereocenters. The highest BCUT2D eigenvalue weighted by Gasteiger charge is 2.05. The van der Waals surface area contributed by atoms with E-state index in [9.17, 15) is 4.79 Å². The third kappa shape index (κ3) is 3.37. The molecule has 15 heavy (non-hydrogen) atoms. The summed E-state index contributed by atoms with van der Waals surface area (Å²) in [5.74, 6) is 0.531. The van der Waals surface area contributed by atoms with Crippen molar-refractivity contribution in [2.75, 3.05) is 11.9 Å². The maximum Gasteiger partial charge on any atom is 0.238 e. The SMILES string of the molecule is CCN[C@H]([C]=O)Nc1ccc(C#N)cn1. The zero-order valence-electron chi connectivity index (χ0n) is 8.32. The Morgan fingerprint density at radius 3 is 2.87 bits per heavy atom. The number of pyridine rings is 1. The molecule has 0 aliphatic carbocycles. The molecule has 0 aliphatic heterocycles. The fourth-order valence-electron chi connectivity index (χ4n) is 1.02. The van der Waals surface area contributed by atoms with Crippen LogP contribution in [-0.4, -0.2) is 24.0 Å². The van der Waals surface area contributed by atoms with Gasteiger partial charge in [-0.2, -0.15) is 5.26 Å². The second-order valence-corrected chi connectivity index (χ2v) is 2.80. The van der Waals surface area contributed by atoms with Crippen LogP contribution in [0.25, 0.3) is 0 Å². The Hall–Kier alpha value is -1.93. The van der Waals surface area contributed by atoms with E-state index >= 15 is 0 Å². The van der Waals surface area contributed by atoms with E-state index in [1.54, 1.807) is 18.4 Å². The van der Waals surface area contributed by atoms with Gasteiger partial charge in [-0.05, 0) is 18.7 Å². The van der Waals surface area contributed by atoms with E-state index in [1.807, 2.05) is 13.0 Å². The minimum absolute atomic E-state index is 0.482. The van der Waals surface area contributed by atoms with Gasteiger partial charge in [-0.1, -0.05) is 6.92 Å². The average Bonchev–Trinajstić information content (AvgIpc) is 2.29. The van der Waals surface area contributed by atoms with Crippen LogP contribution in [0.1, 0.15) is 12.5 Å². The summed E-state index contributed by atoms with van der Waals surface area (Å²) in [6, 6.07) is 5.23. The number of likely N-dealkylation sites (N-methyl/N-ethyl adjacent to an activating group) is 1. The van der Waals surface area contributed by atoms with E-state index in [4.69, 9.17) is 5.26 Å². The first-order valence-electron chi connectivity index (χ1n) is 4.54. The molecule has 0 saturated carbocycles. The highest BCUT2D eigenvalue weighted by molar-refractivity contribution is 5.63. The first-order chi connectivity index (χ1) is 7.30. The molecule has 1 rings (SSSR count). The Morgan fingerprint density at radius 1 is 1.60 bits per heavy atom. The minimum atomic E-state index is -0.574. The smallest absolute Gasteiger partial charge is 0.238 e. The van der Waals surface area contributed by atoms with Gasteiger partial charge in [0.05, 0.1) is 5.56 Å². The molecule has 0 amide bonds. The number of aromatic nitrogens is 1. The van der Waals surface area contributed by atoms with Crippen molar-refractivity contribution in [1.82, 2.24) is 10.3 Å². The lowest BCUT2D eigenvalue weighted by molar-refractivity contribution is 0.530. The van der Waals surface area contributed by atoms with Crippen LogP contribution >= 0.6 is 0 Å². The van der Waals surface area contributed by atoms with Crippen molar-refractivity contribution in [3.63, 3.8) is 0 Å². The van der Waals surface area contributed by atoms with Gasteiger partial charge in [0.25, 0.3) is 0 Å². The predicted octanol–water partition coefficient (Wildman–Crippen LogP) is 0.410. The van der Waals surface area contributed by atoms with Crippen LogP contribution in [0.4, 0.5) is 5.82 Å². The van der Waals surface area contributed by atoms with Crippen LogP contribution in [0.2, 0.25) is 0 Å². The van der Waals surface area contributed by atoms with E-state index in [1.165, 1.54) is 6.20 Å². The minimum Gasteiger partial charge on any atom is -0.348 e. The second-order valence-electron chi connectivity index (χ2n) is 2.80. The number of nitrogens with one attached hydrogen (secondary N) is 2. The van der Waals surface area contributed by atoms with Crippen LogP contribution < -0.4 is 10.6 Å². The molecule has 0 spiro atoms. The number of nitriles is 1. The molecule has 1 heterocycles. The summed E-state index contributed by atoms with van der Waals surface area (Å²) in [4.78, 5) is 14.5. The molecular formula is C10H11N4O. The van der Waals surface area contributed by atoms with Crippen molar-refractivity contribution in [2.24, 2.45) is 0 Å². The van der Waals surface area contributed by atoms with Crippen LogP contribution in [0.5, 0.6) is 0 Å². The number of hydrogen-bond acceptors (Lipinski definition) is 5. The number of rotatable bonds is 5. The highest BCUT2D eigenvalue weighted by Crippen LogP contribution is 2.04. The molecule has 1 aromatic rings. The van der Waals surface area contributed by atoms with Crippen molar-refractivity contribution in [3.8, 4) is 6.07 Å². The third-order valence-corrected chi connectivity index (χ3v) is 1.71. The average molecular weight is 203 g/mol. The van der Waals surface area contributed by atoms with Crippen LogP contribution in [0.3, 0.4) is 0 Å². The number of carbonyl (C=O) groups excluding carboxylic acids is 1. The van der Waals surface area contributed by atoms with Crippen LogP contribution in [0.15, 0.2) is 18.3 Å². The van der Waals surface area contributed by atoms with Gasteiger partial charge in [0.15, 0.2) is 0 Å².